The van der Waals surface area contributed by atoms with Crippen molar-refractivity contribution in [2.75, 3.05) is 11.9 Å². The maximum Gasteiger partial charge on any atom is 0.322 e. The van der Waals surface area contributed by atoms with E-state index in [2.05, 4.69) is 15.5 Å². The number of aryl methyl sites for hydroxylation is 1. The minimum absolute atomic E-state index is 0.219. The lowest BCUT2D eigenvalue weighted by Gasteiger charge is -2.13. The van der Waals surface area contributed by atoms with Gasteiger partial charge >= 0.3 is 5.97 Å². The molecule has 0 saturated heterocycles. The predicted octanol–water partition coefficient (Wildman–Crippen LogP) is 1.75. The van der Waals surface area contributed by atoms with E-state index < -0.39 is 11.8 Å². The number of nitrogens with zero attached hydrogens (tertiary/aromatic N) is 1. The Morgan fingerprint density at radius 2 is 2.12 bits per heavy atom. The highest BCUT2D eigenvalue weighted by Crippen LogP contribution is 2.23. The minimum Gasteiger partial charge on any atom is -0.487 e. The van der Waals surface area contributed by atoms with Gasteiger partial charge in [0, 0.05) is 23.9 Å². The lowest BCUT2D eigenvalue weighted by Crippen LogP contribution is -2.17. The number of benzene rings is 1. The number of carbonyl (C=O) groups excluding carboxylic acids is 1. The second-order valence-corrected chi connectivity index (χ2v) is 5.22. The summed E-state index contributed by atoms with van der Waals surface area (Å²) in [6, 6.07) is 6.61. The van der Waals surface area contributed by atoms with Crippen molar-refractivity contribution >= 4 is 23.2 Å². The van der Waals surface area contributed by atoms with Crippen LogP contribution in [0.4, 0.5) is 5.69 Å². The van der Waals surface area contributed by atoms with Crippen LogP contribution in [0.3, 0.4) is 0 Å². The van der Waals surface area contributed by atoms with Crippen molar-refractivity contribution < 1.29 is 19.4 Å². The number of carboxylic acids is 1. The molecule has 8 heteroatoms. The van der Waals surface area contributed by atoms with Gasteiger partial charge in [0.25, 0.3) is 0 Å². The summed E-state index contributed by atoms with van der Waals surface area (Å²) in [4.78, 5) is 22.2. The zero-order valence-electron chi connectivity index (χ0n) is 13.3. The first-order chi connectivity index (χ1) is 11.4. The molecule has 0 bridgehead atoms. The van der Waals surface area contributed by atoms with Crippen LogP contribution in [0.25, 0.3) is 0 Å². The molecule has 1 aromatic heterocycles. The van der Waals surface area contributed by atoms with Gasteiger partial charge in [0.15, 0.2) is 5.78 Å². The molecule has 0 saturated carbocycles. The average molecular weight is 330 g/mol. The third kappa shape index (κ3) is 4.42. The molecule has 2 rings (SSSR count). The van der Waals surface area contributed by atoms with Gasteiger partial charge in [0.05, 0.1) is 5.69 Å². The Kier molecular flexibility index (Phi) is 5.31. The average Bonchev–Trinajstić information content (AvgIpc) is 2.95. The molecule has 8 nitrogen and oxygen atoms in total. The normalized spacial score (nSPS) is 10.2. The molecule has 126 valence electrons. The molecule has 0 unspecified atom stereocenters. The number of carboxylic acid groups (broad SMARTS) is 1. The number of carbonyl (C=O) groups is 2. The zero-order valence-corrected chi connectivity index (χ0v) is 13.3. The zero-order chi connectivity index (χ0) is 17.7. The van der Waals surface area contributed by atoms with E-state index in [0.717, 1.165) is 11.4 Å². The van der Waals surface area contributed by atoms with Crippen molar-refractivity contribution in [3.8, 4) is 5.75 Å². The van der Waals surface area contributed by atoms with Gasteiger partial charge < -0.3 is 15.2 Å². The predicted molar refractivity (Wildman–Crippen MR) is 87.7 cm³/mol. The van der Waals surface area contributed by atoms with Crippen LogP contribution in [0, 0.1) is 12.3 Å². The summed E-state index contributed by atoms with van der Waals surface area (Å²) < 4.78 is 5.62. The lowest BCUT2D eigenvalue weighted by atomic mass is 10.0. The van der Waals surface area contributed by atoms with Crippen molar-refractivity contribution in [1.29, 1.82) is 5.41 Å². The molecule has 0 aliphatic heterocycles. The Labute approximate surface area is 138 Å². The summed E-state index contributed by atoms with van der Waals surface area (Å²) in [5.41, 5.74) is 2.11. The van der Waals surface area contributed by atoms with Crippen LogP contribution in [0.2, 0.25) is 0 Å². The van der Waals surface area contributed by atoms with Gasteiger partial charge in [-0.2, -0.15) is 5.10 Å². The molecule has 0 amide bonds. The maximum atomic E-state index is 11.5. The number of aromatic nitrogens is 2. The first kappa shape index (κ1) is 17.2. The number of rotatable bonds is 8. The Morgan fingerprint density at radius 1 is 1.38 bits per heavy atom. The van der Waals surface area contributed by atoms with Crippen LogP contribution in [-0.4, -0.2) is 39.3 Å². The van der Waals surface area contributed by atoms with Gasteiger partial charge in [0.2, 0.25) is 0 Å². The summed E-state index contributed by atoms with van der Waals surface area (Å²) in [7, 11) is 0. The lowest BCUT2D eigenvalue weighted by molar-refractivity contribution is -0.134. The molecule has 0 aliphatic rings. The van der Waals surface area contributed by atoms with Crippen LogP contribution in [-0.2, 0) is 16.2 Å². The molecule has 24 heavy (non-hydrogen) atoms. The van der Waals surface area contributed by atoms with Gasteiger partial charge in [-0.05, 0) is 31.2 Å². The molecule has 4 N–H and O–H groups in total. The molecule has 1 heterocycles. The summed E-state index contributed by atoms with van der Waals surface area (Å²) in [5.74, 6) is -1.00. The molecule has 0 aliphatic carbocycles. The van der Waals surface area contributed by atoms with Crippen LogP contribution in [0.5, 0.6) is 5.75 Å². The molecule has 0 spiro atoms. The standard InChI is InChI=1S/C16H18N4O4/c1-9-5-11(20-19-9)8-24-12-3-4-14(18-7-15(22)23)13(6-12)16(17)10(2)21/h3-6,17-18H,7-8H2,1-2H3,(H,19,20)(H,22,23). The first-order valence-electron chi connectivity index (χ1n) is 7.20. The Morgan fingerprint density at radius 3 is 2.71 bits per heavy atom. The molecule has 2 aromatic rings. The number of anilines is 1. The number of hydrogen-bond donors (Lipinski definition) is 4. The number of H-pyrrole nitrogens is 1. The molecular weight excluding hydrogens is 312 g/mol. The van der Waals surface area contributed by atoms with E-state index in [-0.39, 0.29) is 18.9 Å². The van der Waals surface area contributed by atoms with Gasteiger partial charge in [-0.15, -0.1) is 0 Å². The van der Waals surface area contributed by atoms with Crippen molar-refractivity contribution in [2.24, 2.45) is 0 Å². The second-order valence-electron chi connectivity index (χ2n) is 5.22. The highest BCUT2D eigenvalue weighted by molar-refractivity contribution is 6.45. The number of aromatic amines is 1. The fourth-order valence-corrected chi connectivity index (χ4v) is 2.04. The third-order valence-corrected chi connectivity index (χ3v) is 3.19. The number of ketones is 1. The van der Waals surface area contributed by atoms with Crippen molar-refractivity contribution in [1.82, 2.24) is 10.2 Å². The molecule has 0 atom stereocenters. The van der Waals surface area contributed by atoms with E-state index in [1.165, 1.54) is 13.0 Å². The highest BCUT2D eigenvalue weighted by Gasteiger charge is 2.14. The summed E-state index contributed by atoms with van der Waals surface area (Å²) in [6.45, 7) is 3.08. The number of ether oxygens (including phenoxy) is 1. The van der Waals surface area contributed by atoms with E-state index in [9.17, 15) is 9.59 Å². The topological polar surface area (TPSA) is 128 Å². The number of hydrogen-bond acceptors (Lipinski definition) is 6. The summed E-state index contributed by atoms with van der Waals surface area (Å²) in [6.07, 6.45) is 0. The fraction of sp³-hybridized carbons (Fsp3) is 0.250. The Balaban J connectivity index is 2.20. The van der Waals surface area contributed by atoms with Crippen LogP contribution in [0.1, 0.15) is 23.9 Å². The molecule has 0 fully saturated rings. The first-order valence-corrected chi connectivity index (χ1v) is 7.20. The van der Waals surface area contributed by atoms with Crippen molar-refractivity contribution in [3.63, 3.8) is 0 Å². The van der Waals surface area contributed by atoms with Crippen molar-refractivity contribution in [3.05, 3.63) is 41.2 Å². The third-order valence-electron chi connectivity index (χ3n) is 3.19. The molecule has 1 aromatic carbocycles. The summed E-state index contributed by atoms with van der Waals surface area (Å²) in [5, 5.41) is 26.2. The second kappa shape index (κ2) is 7.40. The van der Waals surface area contributed by atoms with Gasteiger partial charge in [0.1, 0.15) is 24.6 Å². The van der Waals surface area contributed by atoms with E-state index >= 15 is 0 Å². The fourth-order valence-electron chi connectivity index (χ4n) is 2.04. The molecular formula is C16H18N4O4. The number of nitrogens with one attached hydrogen (secondary N) is 3. The van der Waals surface area contributed by atoms with Gasteiger partial charge in [-0.3, -0.25) is 20.1 Å². The van der Waals surface area contributed by atoms with Gasteiger partial charge in [-0.1, -0.05) is 0 Å². The van der Waals surface area contributed by atoms with Crippen LogP contribution >= 0.6 is 0 Å². The smallest absolute Gasteiger partial charge is 0.322 e. The van der Waals surface area contributed by atoms with E-state index in [1.807, 2.05) is 13.0 Å². The van der Waals surface area contributed by atoms with Crippen LogP contribution < -0.4 is 10.1 Å². The van der Waals surface area contributed by atoms with E-state index in [1.54, 1.807) is 12.1 Å². The highest BCUT2D eigenvalue weighted by atomic mass is 16.5. The number of aliphatic carboxylic acids is 1. The largest absolute Gasteiger partial charge is 0.487 e. The Hall–Kier alpha value is -3.16. The maximum absolute atomic E-state index is 11.5. The minimum atomic E-state index is -1.04. The molecule has 0 radical (unpaired) electrons. The summed E-state index contributed by atoms with van der Waals surface area (Å²) >= 11 is 0. The number of Topliss-reactive ketones (excluding diaryl/α,β-unsaturated/α-hetero) is 1. The van der Waals surface area contributed by atoms with E-state index in [0.29, 0.717) is 17.0 Å². The van der Waals surface area contributed by atoms with E-state index in [4.69, 9.17) is 15.3 Å². The van der Waals surface area contributed by atoms with Gasteiger partial charge in [-0.25, -0.2) is 0 Å². The van der Waals surface area contributed by atoms with Crippen molar-refractivity contribution in [2.45, 2.75) is 20.5 Å². The monoisotopic (exact) mass is 330 g/mol. The van der Waals surface area contributed by atoms with Crippen LogP contribution in [0.15, 0.2) is 24.3 Å². The SMILES string of the molecule is CC(=O)C(=N)c1cc(OCc2cc(C)[nH]n2)ccc1NCC(=O)O. The quantitative estimate of drug-likeness (QED) is 0.546. The Bertz CT molecular complexity index is 782.